The number of rotatable bonds is 2. The SMILES string of the molecule is COC(=O)c1cnc(-c2cnc(C)s2)s1. The van der Waals surface area contributed by atoms with Gasteiger partial charge in [0.05, 0.1) is 23.2 Å². The fourth-order valence-electron chi connectivity index (χ4n) is 1.04. The van der Waals surface area contributed by atoms with E-state index in [1.165, 1.54) is 24.6 Å². The first-order valence-electron chi connectivity index (χ1n) is 4.17. The fourth-order valence-corrected chi connectivity index (χ4v) is 2.70. The van der Waals surface area contributed by atoms with Crippen LogP contribution in [0.3, 0.4) is 0 Å². The number of esters is 1. The summed E-state index contributed by atoms with van der Waals surface area (Å²) >= 11 is 2.87. The molecule has 0 bridgehead atoms. The first-order valence-corrected chi connectivity index (χ1v) is 5.81. The topological polar surface area (TPSA) is 52.1 Å². The highest BCUT2D eigenvalue weighted by Crippen LogP contribution is 2.29. The Labute approximate surface area is 94.6 Å². The molecule has 0 fully saturated rings. The molecule has 0 N–H and O–H groups in total. The van der Waals surface area contributed by atoms with Crippen molar-refractivity contribution < 1.29 is 9.53 Å². The fraction of sp³-hybridized carbons (Fsp3) is 0.222. The summed E-state index contributed by atoms with van der Waals surface area (Å²) in [7, 11) is 1.36. The van der Waals surface area contributed by atoms with E-state index in [-0.39, 0.29) is 5.97 Å². The number of hydrogen-bond donors (Lipinski definition) is 0. The Morgan fingerprint density at radius 3 is 2.73 bits per heavy atom. The van der Waals surface area contributed by atoms with Crippen LogP contribution in [0.15, 0.2) is 12.4 Å². The Balaban J connectivity index is 2.31. The number of nitrogens with zero attached hydrogens (tertiary/aromatic N) is 2. The minimum atomic E-state index is -0.347. The number of aryl methyl sites for hydroxylation is 1. The summed E-state index contributed by atoms with van der Waals surface area (Å²) in [5, 5.41) is 1.79. The minimum absolute atomic E-state index is 0.347. The number of aromatic nitrogens is 2. The molecule has 4 nitrogen and oxygen atoms in total. The van der Waals surface area contributed by atoms with E-state index in [2.05, 4.69) is 14.7 Å². The average Bonchev–Trinajstić information content (AvgIpc) is 2.84. The zero-order chi connectivity index (χ0) is 10.8. The van der Waals surface area contributed by atoms with Gasteiger partial charge in [0.1, 0.15) is 9.88 Å². The van der Waals surface area contributed by atoms with E-state index < -0.39 is 0 Å². The summed E-state index contributed by atoms with van der Waals surface area (Å²) in [6.07, 6.45) is 3.29. The standard InChI is InChI=1S/C9H8N2O2S2/c1-5-10-3-6(14-5)8-11-4-7(15-8)9(12)13-2/h3-4H,1-2H3. The van der Waals surface area contributed by atoms with Crippen molar-refractivity contribution in [3.8, 4) is 9.88 Å². The molecule has 2 aromatic rings. The van der Waals surface area contributed by atoms with Gasteiger partial charge in [-0.25, -0.2) is 14.8 Å². The predicted octanol–water partition coefficient (Wildman–Crippen LogP) is 2.36. The third kappa shape index (κ3) is 2.05. The monoisotopic (exact) mass is 240 g/mol. The van der Waals surface area contributed by atoms with Gasteiger partial charge in [-0.2, -0.15) is 0 Å². The van der Waals surface area contributed by atoms with Crippen LogP contribution in [-0.4, -0.2) is 23.0 Å². The van der Waals surface area contributed by atoms with Crippen molar-refractivity contribution in [3.63, 3.8) is 0 Å². The second-order valence-electron chi connectivity index (χ2n) is 2.76. The number of methoxy groups -OCH3 is 1. The van der Waals surface area contributed by atoms with Crippen LogP contribution in [0, 0.1) is 6.92 Å². The molecule has 0 amide bonds. The van der Waals surface area contributed by atoms with E-state index in [1.807, 2.05) is 6.92 Å². The maximum atomic E-state index is 11.2. The maximum Gasteiger partial charge on any atom is 0.349 e. The lowest BCUT2D eigenvalue weighted by Gasteiger charge is -1.90. The van der Waals surface area contributed by atoms with Crippen molar-refractivity contribution in [2.75, 3.05) is 7.11 Å². The van der Waals surface area contributed by atoms with Gasteiger partial charge in [-0.1, -0.05) is 0 Å². The summed E-state index contributed by atoms with van der Waals surface area (Å²) in [4.78, 5) is 21.0. The quantitative estimate of drug-likeness (QED) is 0.756. The molecule has 0 spiro atoms. The van der Waals surface area contributed by atoms with Gasteiger partial charge in [0.15, 0.2) is 0 Å². The van der Waals surface area contributed by atoms with Crippen LogP contribution in [-0.2, 0) is 4.74 Å². The van der Waals surface area contributed by atoms with E-state index in [0.29, 0.717) is 4.88 Å². The summed E-state index contributed by atoms with van der Waals surface area (Å²) in [6, 6.07) is 0. The highest BCUT2D eigenvalue weighted by atomic mass is 32.1. The number of carbonyl (C=O) groups excluding carboxylic acids is 1. The van der Waals surface area contributed by atoms with Gasteiger partial charge in [0, 0.05) is 6.20 Å². The Morgan fingerprint density at radius 2 is 2.13 bits per heavy atom. The third-order valence-corrected chi connectivity index (χ3v) is 3.78. The Hall–Kier alpha value is -1.27. The summed E-state index contributed by atoms with van der Waals surface area (Å²) < 4.78 is 4.61. The zero-order valence-corrected chi connectivity index (χ0v) is 9.82. The molecule has 0 aliphatic rings. The van der Waals surface area contributed by atoms with Crippen LogP contribution in [0.4, 0.5) is 0 Å². The highest BCUT2D eigenvalue weighted by molar-refractivity contribution is 7.22. The molecule has 0 saturated heterocycles. The summed E-state index contributed by atoms with van der Waals surface area (Å²) in [5.41, 5.74) is 0. The van der Waals surface area contributed by atoms with Crippen molar-refractivity contribution in [1.29, 1.82) is 0 Å². The molecule has 0 aliphatic heterocycles. The van der Waals surface area contributed by atoms with Gasteiger partial charge in [-0.3, -0.25) is 0 Å². The minimum Gasteiger partial charge on any atom is -0.465 e. The Kier molecular flexibility index (Phi) is 2.79. The molecule has 0 saturated carbocycles. The normalized spacial score (nSPS) is 10.3. The average molecular weight is 240 g/mol. The van der Waals surface area contributed by atoms with Gasteiger partial charge >= 0.3 is 5.97 Å². The second-order valence-corrected chi connectivity index (χ2v) is 5.03. The maximum absolute atomic E-state index is 11.2. The molecule has 0 aromatic carbocycles. The molecule has 0 aliphatic carbocycles. The van der Waals surface area contributed by atoms with Crippen molar-refractivity contribution >= 4 is 28.6 Å². The van der Waals surface area contributed by atoms with Crippen LogP contribution in [0.5, 0.6) is 0 Å². The molecule has 15 heavy (non-hydrogen) atoms. The first-order chi connectivity index (χ1) is 7.20. The Morgan fingerprint density at radius 1 is 1.33 bits per heavy atom. The van der Waals surface area contributed by atoms with Gasteiger partial charge in [-0.05, 0) is 6.92 Å². The molecule has 2 rings (SSSR count). The lowest BCUT2D eigenvalue weighted by molar-refractivity contribution is 0.0606. The van der Waals surface area contributed by atoms with E-state index in [0.717, 1.165) is 14.9 Å². The highest BCUT2D eigenvalue weighted by Gasteiger charge is 2.12. The van der Waals surface area contributed by atoms with Crippen molar-refractivity contribution in [2.45, 2.75) is 6.92 Å². The van der Waals surface area contributed by atoms with Crippen molar-refractivity contribution in [1.82, 2.24) is 9.97 Å². The van der Waals surface area contributed by atoms with E-state index in [1.54, 1.807) is 17.5 Å². The molecular formula is C9H8N2O2S2. The number of thiazole rings is 2. The van der Waals surface area contributed by atoms with Crippen molar-refractivity contribution in [2.24, 2.45) is 0 Å². The van der Waals surface area contributed by atoms with Crippen LogP contribution < -0.4 is 0 Å². The lowest BCUT2D eigenvalue weighted by Crippen LogP contribution is -1.96. The molecule has 2 heterocycles. The van der Waals surface area contributed by atoms with Gasteiger partial charge in [0.2, 0.25) is 0 Å². The van der Waals surface area contributed by atoms with E-state index >= 15 is 0 Å². The van der Waals surface area contributed by atoms with E-state index in [9.17, 15) is 4.79 Å². The molecule has 0 atom stereocenters. The number of hydrogen-bond acceptors (Lipinski definition) is 6. The van der Waals surface area contributed by atoms with Crippen LogP contribution in [0.25, 0.3) is 9.88 Å². The van der Waals surface area contributed by atoms with Crippen LogP contribution in [0.2, 0.25) is 0 Å². The third-order valence-electron chi connectivity index (χ3n) is 1.72. The van der Waals surface area contributed by atoms with Crippen molar-refractivity contribution in [3.05, 3.63) is 22.3 Å². The second kappa shape index (κ2) is 4.08. The van der Waals surface area contributed by atoms with Gasteiger partial charge in [-0.15, -0.1) is 22.7 Å². The van der Waals surface area contributed by atoms with Gasteiger partial charge < -0.3 is 4.74 Å². The zero-order valence-electron chi connectivity index (χ0n) is 8.18. The summed E-state index contributed by atoms with van der Waals surface area (Å²) in [6.45, 7) is 1.93. The molecule has 2 aromatic heterocycles. The number of ether oxygens (including phenoxy) is 1. The van der Waals surface area contributed by atoms with Gasteiger partial charge in [0.25, 0.3) is 0 Å². The molecule has 0 unspecified atom stereocenters. The molecular weight excluding hydrogens is 232 g/mol. The molecule has 78 valence electrons. The number of carbonyl (C=O) groups is 1. The smallest absolute Gasteiger partial charge is 0.349 e. The molecule has 6 heteroatoms. The summed E-state index contributed by atoms with van der Waals surface area (Å²) in [5.74, 6) is -0.347. The predicted molar refractivity (Wildman–Crippen MR) is 59.3 cm³/mol. The molecule has 0 radical (unpaired) electrons. The van der Waals surface area contributed by atoms with Crippen LogP contribution >= 0.6 is 22.7 Å². The first kappa shape index (κ1) is 10.3. The largest absolute Gasteiger partial charge is 0.465 e. The Bertz CT molecular complexity index is 490. The van der Waals surface area contributed by atoms with Crippen LogP contribution in [0.1, 0.15) is 14.7 Å². The lowest BCUT2D eigenvalue weighted by atomic mass is 10.5. The van der Waals surface area contributed by atoms with E-state index in [4.69, 9.17) is 0 Å².